The van der Waals surface area contributed by atoms with Gasteiger partial charge in [-0.25, -0.2) is 8.42 Å². The number of rotatable bonds is 6. The van der Waals surface area contributed by atoms with Gasteiger partial charge in [-0.1, -0.05) is 31.9 Å². The zero-order valence-electron chi connectivity index (χ0n) is 10.7. The summed E-state index contributed by atoms with van der Waals surface area (Å²) in [6.45, 7) is 4.83. The predicted octanol–water partition coefficient (Wildman–Crippen LogP) is 2.73. The fraction of sp³-hybridized carbons (Fsp3) is 0.500. The first-order chi connectivity index (χ1) is 8.43. The van der Waals surface area contributed by atoms with E-state index in [1.807, 2.05) is 13.8 Å². The van der Waals surface area contributed by atoms with E-state index in [1.165, 1.54) is 22.5 Å². The van der Waals surface area contributed by atoms with Crippen LogP contribution in [0.5, 0.6) is 0 Å². The Kier molecular flexibility index (Phi) is 5.44. The Bertz CT molecular complexity index is 503. The summed E-state index contributed by atoms with van der Waals surface area (Å²) in [5.41, 5.74) is 5.93. The van der Waals surface area contributed by atoms with E-state index < -0.39 is 10.0 Å². The molecule has 0 radical (unpaired) electrons. The van der Waals surface area contributed by atoms with Crippen molar-refractivity contribution >= 4 is 27.3 Å². The zero-order valence-corrected chi connectivity index (χ0v) is 12.3. The molecule has 0 amide bonds. The highest BCUT2D eigenvalue weighted by Crippen LogP contribution is 2.24. The topological polar surface area (TPSA) is 63.4 Å². The van der Waals surface area contributed by atoms with Crippen LogP contribution in [0.2, 0.25) is 5.02 Å². The largest absolute Gasteiger partial charge is 0.397 e. The maximum atomic E-state index is 12.4. The third-order valence-corrected chi connectivity index (χ3v) is 5.03. The van der Waals surface area contributed by atoms with Crippen molar-refractivity contribution in [2.75, 3.05) is 18.8 Å². The molecule has 0 fully saturated rings. The molecule has 0 aliphatic rings. The van der Waals surface area contributed by atoms with Crippen LogP contribution in [0.3, 0.4) is 0 Å². The highest BCUT2D eigenvalue weighted by atomic mass is 35.5. The molecule has 6 heteroatoms. The van der Waals surface area contributed by atoms with Crippen LogP contribution >= 0.6 is 11.6 Å². The molecule has 102 valence electrons. The lowest BCUT2D eigenvalue weighted by molar-refractivity contribution is 0.419. The third kappa shape index (κ3) is 3.37. The lowest BCUT2D eigenvalue weighted by atomic mass is 10.3. The number of halogens is 1. The van der Waals surface area contributed by atoms with Crippen LogP contribution in [0.25, 0.3) is 0 Å². The number of nitrogens with zero attached hydrogens (tertiary/aromatic N) is 1. The molecule has 0 aliphatic carbocycles. The second-order valence-electron chi connectivity index (χ2n) is 4.03. The van der Waals surface area contributed by atoms with E-state index in [-0.39, 0.29) is 10.6 Å². The van der Waals surface area contributed by atoms with Gasteiger partial charge in [0.25, 0.3) is 0 Å². The van der Waals surface area contributed by atoms with Crippen LogP contribution in [0.1, 0.15) is 26.7 Å². The summed E-state index contributed by atoms with van der Waals surface area (Å²) >= 11 is 5.79. The molecule has 0 atom stereocenters. The van der Waals surface area contributed by atoms with Crippen LogP contribution in [0.4, 0.5) is 5.69 Å². The fourth-order valence-electron chi connectivity index (χ4n) is 1.61. The average Bonchev–Trinajstić information content (AvgIpc) is 2.33. The Morgan fingerprint density at radius 3 is 2.50 bits per heavy atom. The average molecular weight is 291 g/mol. The molecule has 0 spiro atoms. The molecule has 0 unspecified atom stereocenters. The monoisotopic (exact) mass is 290 g/mol. The van der Waals surface area contributed by atoms with E-state index in [9.17, 15) is 8.42 Å². The van der Waals surface area contributed by atoms with Gasteiger partial charge in [0, 0.05) is 13.1 Å². The molecule has 18 heavy (non-hydrogen) atoms. The number of hydrogen-bond acceptors (Lipinski definition) is 3. The molecule has 4 nitrogen and oxygen atoms in total. The van der Waals surface area contributed by atoms with Gasteiger partial charge < -0.3 is 5.73 Å². The molecule has 2 N–H and O–H groups in total. The third-order valence-electron chi connectivity index (χ3n) is 2.72. The Morgan fingerprint density at radius 2 is 2.00 bits per heavy atom. The highest BCUT2D eigenvalue weighted by Gasteiger charge is 2.22. The summed E-state index contributed by atoms with van der Waals surface area (Å²) in [5.74, 6) is 0. The molecule has 0 aromatic heterocycles. The molecular formula is C12H19ClN2O2S. The number of anilines is 1. The van der Waals surface area contributed by atoms with E-state index in [0.717, 1.165) is 12.8 Å². The quantitative estimate of drug-likeness (QED) is 0.819. The SMILES string of the molecule is CCCCN(CC)S(=O)(=O)c1ccc(Cl)c(N)c1. The zero-order chi connectivity index (χ0) is 13.8. The summed E-state index contributed by atoms with van der Waals surface area (Å²) in [6, 6.07) is 4.41. The standard InChI is InChI=1S/C12H19ClN2O2S/c1-3-5-8-15(4-2)18(16,17)10-6-7-11(13)12(14)9-10/h6-7,9H,3-5,8,14H2,1-2H3. The summed E-state index contributed by atoms with van der Waals surface area (Å²) in [5, 5.41) is 0.366. The maximum absolute atomic E-state index is 12.4. The summed E-state index contributed by atoms with van der Waals surface area (Å²) in [7, 11) is -3.47. The van der Waals surface area contributed by atoms with Gasteiger partial charge in [0.2, 0.25) is 10.0 Å². The minimum absolute atomic E-state index is 0.197. The lowest BCUT2D eigenvalue weighted by Gasteiger charge is -2.20. The Balaban J connectivity index is 3.06. The van der Waals surface area contributed by atoms with E-state index >= 15 is 0 Å². The van der Waals surface area contributed by atoms with Crippen LogP contribution in [0.15, 0.2) is 23.1 Å². The Hall–Kier alpha value is -0.780. The van der Waals surface area contributed by atoms with Gasteiger partial charge in [0.05, 0.1) is 15.6 Å². The first-order valence-electron chi connectivity index (χ1n) is 5.98. The number of nitrogens with two attached hydrogens (primary N) is 1. The first kappa shape index (κ1) is 15.3. The number of nitrogen functional groups attached to an aromatic ring is 1. The van der Waals surface area contributed by atoms with Crippen molar-refractivity contribution in [3.8, 4) is 0 Å². The summed E-state index contributed by atoms with van der Waals surface area (Å²) in [6.07, 6.45) is 1.80. The van der Waals surface area contributed by atoms with Crippen LogP contribution in [-0.4, -0.2) is 25.8 Å². The molecule has 1 rings (SSSR count). The molecule has 0 saturated carbocycles. The van der Waals surface area contributed by atoms with E-state index in [1.54, 1.807) is 0 Å². The summed E-state index contributed by atoms with van der Waals surface area (Å²) in [4.78, 5) is 0.197. The van der Waals surface area contributed by atoms with Crippen molar-refractivity contribution in [2.45, 2.75) is 31.6 Å². The maximum Gasteiger partial charge on any atom is 0.243 e. The van der Waals surface area contributed by atoms with Crippen molar-refractivity contribution in [3.05, 3.63) is 23.2 Å². The molecule has 0 aliphatic heterocycles. The van der Waals surface area contributed by atoms with E-state index in [0.29, 0.717) is 18.1 Å². The van der Waals surface area contributed by atoms with E-state index in [2.05, 4.69) is 0 Å². The van der Waals surface area contributed by atoms with Crippen molar-refractivity contribution in [3.63, 3.8) is 0 Å². The molecular weight excluding hydrogens is 272 g/mol. The summed E-state index contributed by atoms with van der Waals surface area (Å²) < 4.78 is 26.2. The second kappa shape index (κ2) is 6.41. The predicted molar refractivity (Wildman–Crippen MR) is 75.2 cm³/mol. The van der Waals surface area contributed by atoms with Gasteiger partial charge in [-0.05, 0) is 24.6 Å². The minimum atomic E-state index is -3.47. The van der Waals surface area contributed by atoms with Gasteiger partial charge in [-0.15, -0.1) is 0 Å². The molecule has 0 saturated heterocycles. The number of benzene rings is 1. The lowest BCUT2D eigenvalue weighted by Crippen LogP contribution is -2.31. The molecule has 1 aromatic carbocycles. The van der Waals surface area contributed by atoms with E-state index in [4.69, 9.17) is 17.3 Å². The number of sulfonamides is 1. The minimum Gasteiger partial charge on any atom is -0.397 e. The second-order valence-corrected chi connectivity index (χ2v) is 6.38. The van der Waals surface area contributed by atoms with Crippen molar-refractivity contribution < 1.29 is 8.42 Å². The molecule has 0 bridgehead atoms. The number of hydrogen-bond donors (Lipinski definition) is 1. The number of unbranched alkanes of at least 4 members (excludes halogenated alkanes) is 1. The van der Waals surface area contributed by atoms with Crippen molar-refractivity contribution in [1.29, 1.82) is 0 Å². The smallest absolute Gasteiger partial charge is 0.243 e. The molecule has 0 heterocycles. The normalized spacial score (nSPS) is 12.0. The van der Waals surface area contributed by atoms with Gasteiger partial charge in [-0.3, -0.25) is 0 Å². The highest BCUT2D eigenvalue weighted by molar-refractivity contribution is 7.89. The van der Waals surface area contributed by atoms with Gasteiger partial charge in [0.15, 0.2) is 0 Å². The first-order valence-corrected chi connectivity index (χ1v) is 7.80. The van der Waals surface area contributed by atoms with Crippen molar-refractivity contribution in [1.82, 2.24) is 4.31 Å². The Morgan fingerprint density at radius 1 is 1.33 bits per heavy atom. The van der Waals surface area contributed by atoms with Gasteiger partial charge in [-0.2, -0.15) is 4.31 Å². The van der Waals surface area contributed by atoms with Crippen molar-refractivity contribution in [2.24, 2.45) is 0 Å². The van der Waals surface area contributed by atoms with Gasteiger partial charge in [0.1, 0.15) is 0 Å². The van der Waals surface area contributed by atoms with Crippen LogP contribution < -0.4 is 5.73 Å². The van der Waals surface area contributed by atoms with Gasteiger partial charge >= 0.3 is 0 Å². The molecule has 1 aromatic rings. The van der Waals surface area contributed by atoms with Crippen LogP contribution in [0, 0.1) is 0 Å². The fourth-order valence-corrected chi connectivity index (χ4v) is 3.26. The Labute approximate surface area is 114 Å². The van der Waals surface area contributed by atoms with Crippen LogP contribution in [-0.2, 0) is 10.0 Å².